The van der Waals surface area contributed by atoms with Crippen molar-refractivity contribution >= 4 is 21.2 Å². The minimum Gasteiger partial charge on any atom is -0.388 e. The van der Waals surface area contributed by atoms with E-state index in [1.54, 1.807) is 11.3 Å². The van der Waals surface area contributed by atoms with Crippen LogP contribution in [0.2, 0.25) is 0 Å². The highest BCUT2D eigenvalue weighted by Crippen LogP contribution is 2.37. The molecule has 1 aromatic rings. The Morgan fingerprint density at radius 3 is 2.94 bits per heavy atom. The Bertz CT molecular complexity index is 450. The summed E-state index contributed by atoms with van der Waals surface area (Å²) in [6.07, 6.45) is 3.63. The molecule has 90 valence electrons. The second kappa shape index (κ2) is 4.13. The molecule has 16 heavy (non-hydrogen) atoms. The van der Waals surface area contributed by atoms with Crippen LogP contribution in [0, 0.1) is 0 Å². The first-order chi connectivity index (χ1) is 7.42. The fraction of sp³-hybridized carbons (Fsp3) is 0.636. The predicted octanol–water partition coefficient (Wildman–Crippen LogP) is 1.62. The molecule has 0 radical (unpaired) electrons. The Morgan fingerprint density at radius 1 is 1.62 bits per heavy atom. The highest BCUT2D eigenvalue weighted by atomic mass is 32.2. The Kier molecular flexibility index (Phi) is 3.11. The third-order valence-electron chi connectivity index (χ3n) is 3.28. The van der Waals surface area contributed by atoms with E-state index in [1.807, 2.05) is 16.8 Å². The Hall–Kier alpha value is -0.390. The normalized spacial score (nSPS) is 30.8. The number of thiophene rings is 1. The lowest BCUT2D eigenvalue weighted by Crippen LogP contribution is -2.43. The highest BCUT2D eigenvalue weighted by molar-refractivity contribution is 7.91. The fourth-order valence-corrected chi connectivity index (χ4v) is 4.85. The molecule has 1 aromatic heterocycles. The molecule has 0 aromatic carbocycles. The average molecular weight is 260 g/mol. The summed E-state index contributed by atoms with van der Waals surface area (Å²) in [6.45, 7) is 0. The molecule has 1 N–H and O–H groups in total. The first kappa shape index (κ1) is 12.1. The van der Waals surface area contributed by atoms with Gasteiger partial charge in [0.05, 0.1) is 10.9 Å². The van der Waals surface area contributed by atoms with Crippen LogP contribution in [0.5, 0.6) is 0 Å². The van der Waals surface area contributed by atoms with Crippen LogP contribution in [0.25, 0.3) is 0 Å². The summed E-state index contributed by atoms with van der Waals surface area (Å²) in [5, 5.41) is 13.8. The van der Waals surface area contributed by atoms with Crippen LogP contribution in [0.4, 0.5) is 0 Å². The largest absolute Gasteiger partial charge is 0.388 e. The maximum Gasteiger partial charge on any atom is 0.153 e. The zero-order valence-electron chi connectivity index (χ0n) is 9.22. The van der Waals surface area contributed by atoms with Crippen molar-refractivity contribution < 1.29 is 13.5 Å². The minimum atomic E-state index is -3.16. The third-order valence-corrected chi connectivity index (χ3v) is 5.72. The predicted molar refractivity (Wildman–Crippen MR) is 65.5 cm³/mol. The standard InChI is InChI=1S/C11H16O3S2/c1-16(13,14)10-3-2-5-11(10,12)7-9-4-6-15-8-9/h4,6,8,10,12H,2-3,5,7H2,1H3. The van der Waals surface area contributed by atoms with Gasteiger partial charge in [0.15, 0.2) is 9.84 Å². The molecule has 1 heterocycles. The lowest BCUT2D eigenvalue weighted by molar-refractivity contribution is 0.0514. The van der Waals surface area contributed by atoms with E-state index in [9.17, 15) is 13.5 Å². The van der Waals surface area contributed by atoms with Gasteiger partial charge in [-0.3, -0.25) is 0 Å². The molecule has 1 aliphatic rings. The van der Waals surface area contributed by atoms with Crippen molar-refractivity contribution in [1.29, 1.82) is 0 Å². The third kappa shape index (κ3) is 2.31. The lowest BCUT2D eigenvalue weighted by atomic mass is 9.94. The van der Waals surface area contributed by atoms with Crippen LogP contribution in [0.1, 0.15) is 24.8 Å². The summed E-state index contributed by atoms with van der Waals surface area (Å²) in [5.74, 6) is 0. The molecule has 3 nitrogen and oxygen atoms in total. The summed E-state index contributed by atoms with van der Waals surface area (Å²) in [5.41, 5.74) is -0.0303. The second-order valence-electron chi connectivity index (χ2n) is 4.62. The van der Waals surface area contributed by atoms with Gasteiger partial charge in [-0.05, 0) is 41.7 Å². The number of hydrogen-bond donors (Lipinski definition) is 1. The molecule has 0 spiro atoms. The van der Waals surface area contributed by atoms with E-state index in [0.717, 1.165) is 12.0 Å². The molecule has 0 saturated heterocycles. The van der Waals surface area contributed by atoms with Gasteiger partial charge in [0.2, 0.25) is 0 Å². The summed E-state index contributed by atoms with van der Waals surface area (Å²) in [7, 11) is -3.16. The van der Waals surface area contributed by atoms with Crippen LogP contribution in [-0.2, 0) is 16.3 Å². The number of aliphatic hydroxyl groups is 1. The molecule has 0 aliphatic heterocycles. The van der Waals surface area contributed by atoms with Crippen molar-refractivity contribution in [2.75, 3.05) is 6.26 Å². The first-order valence-electron chi connectivity index (χ1n) is 5.34. The van der Waals surface area contributed by atoms with Gasteiger partial charge >= 0.3 is 0 Å². The van der Waals surface area contributed by atoms with E-state index >= 15 is 0 Å². The van der Waals surface area contributed by atoms with Crippen molar-refractivity contribution in [3.8, 4) is 0 Å². The minimum absolute atomic E-state index is 0.453. The quantitative estimate of drug-likeness (QED) is 0.898. The van der Waals surface area contributed by atoms with Crippen LogP contribution in [-0.4, -0.2) is 30.6 Å². The molecular weight excluding hydrogens is 244 g/mol. The first-order valence-corrected chi connectivity index (χ1v) is 8.24. The summed E-state index contributed by atoms with van der Waals surface area (Å²) < 4.78 is 23.2. The van der Waals surface area contributed by atoms with Crippen molar-refractivity contribution in [2.24, 2.45) is 0 Å². The van der Waals surface area contributed by atoms with Crippen molar-refractivity contribution in [1.82, 2.24) is 0 Å². The van der Waals surface area contributed by atoms with E-state index in [0.29, 0.717) is 19.3 Å². The topological polar surface area (TPSA) is 54.4 Å². The zero-order valence-corrected chi connectivity index (χ0v) is 10.9. The molecule has 5 heteroatoms. The molecule has 0 bridgehead atoms. The summed E-state index contributed by atoms with van der Waals surface area (Å²) in [4.78, 5) is 0. The van der Waals surface area contributed by atoms with Gasteiger partial charge in [0.25, 0.3) is 0 Å². The molecule has 0 amide bonds. The van der Waals surface area contributed by atoms with Crippen LogP contribution in [0.3, 0.4) is 0 Å². The summed E-state index contributed by atoms with van der Waals surface area (Å²) in [6, 6.07) is 1.94. The maximum absolute atomic E-state index is 11.6. The SMILES string of the molecule is CS(=O)(=O)C1CCCC1(O)Cc1ccsc1. The van der Waals surface area contributed by atoms with Gasteiger partial charge in [0.1, 0.15) is 0 Å². The van der Waals surface area contributed by atoms with E-state index in [-0.39, 0.29) is 0 Å². The second-order valence-corrected chi connectivity index (χ2v) is 7.63. The molecule has 1 fully saturated rings. The zero-order chi connectivity index (χ0) is 11.8. The molecular formula is C11H16O3S2. The molecule has 1 aliphatic carbocycles. The van der Waals surface area contributed by atoms with Gasteiger partial charge in [-0.2, -0.15) is 11.3 Å². The van der Waals surface area contributed by atoms with Crippen molar-refractivity contribution in [2.45, 2.75) is 36.5 Å². The van der Waals surface area contributed by atoms with E-state index in [2.05, 4.69) is 0 Å². The smallest absolute Gasteiger partial charge is 0.153 e. The Balaban J connectivity index is 2.23. The molecule has 2 unspecified atom stereocenters. The molecule has 1 saturated carbocycles. The Labute approximate surface area is 100 Å². The van der Waals surface area contributed by atoms with Crippen molar-refractivity contribution in [3.63, 3.8) is 0 Å². The fourth-order valence-electron chi connectivity index (χ4n) is 2.58. The van der Waals surface area contributed by atoms with Crippen LogP contribution < -0.4 is 0 Å². The van der Waals surface area contributed by atoms with Gasteiger partial charge in [0, 0.05) is 12.7 Å². The van der Waals surface area contributed by atoms with Crippen LogP contribution >= 0.6 is 11.3 Å². The number of rotatable bonds is 3. The maximum atomic E-state index is 11.6. The van der Waals surface area contributed by atoms with E-state index < -0.39 is 20.7 Å². The monoisotopic (exact) mass is 260 g/mol. The average Bonchev–Trinajstić information content (AvgIpc) is 2.73. The number of sulfone groups is 1. The van der Waals surface area contributed by atoms with E-state index in [1.165, 1.54) is 6.26 Å². The van der Waals surface area contributed by atoms with Crippen LogP contribution in [0.15, 0.2) is 16.8 Å². The van der Waals surface area contributed by atoms with Gasteiger partial charge < -0.3 is 5.11 Å². The molecule has 2 atom stereocenters. The van der Waals surface area contributed by atoms with Crippen molar-refractivity contribution in [3.05, 3.63) is 22.4 Å². The lowest BCUT2D eigenvalue weighted by Gasteiger charge is -2.28. The molecule has 2 rings (SSSR count). The van der Waals surface area contributed by atoms with Gasteiger partial charge in [-0.15, -0.1) is 0 Å². The number of hydrogen-bond acceptors (Lipinski definition) is 4. The van der Waals surface area contributed by atoms with E-state index in [4.69, 9.17) is 0 Å². The highest BCUT2D eigenvalue weighted by Gasteiger charge is 2.46. The van der Waals surface area contributed by atoms with Gasteiger partial charge in [-0.25, -0.2) is 8.42 Å². The summed E-state index contributed by atoms with van der Waals surface area (Å²) >= 11 is 1.57. The Morgan fingerprint density at radius 2 is 2.38 bits per heavy atom. The van der Waals surface area contributed by atoms with Gasteiger partial charge in [-0.1, -0.05) is 0 Å².